The summed E-state index contributed by atoms with van der Waals surface area (Å²) in [6.07, 6.45) is 0. The molecule has 1 aromatic heterocycles. The molecular weight excluding hydrogens is 259 g/mol. The van der Waals surface area contributed by atoms with Crippen LogP contribution in [0, 0.1) is 12.7 Å². The van der Waals surface area contributed by atoms with E-state index in [0.29, 0.717) is 12.2 Å². The van der Waals surface area contributed by atoms with Crippen molar-refractivity contribution >= 4 is 11.7 Å². The van der Waals surface area contributed by atoms with Gasteiger partial charge in [0.05, 0.1) is 23.5 Å². The summed E-state index contributed by atoms with van der Waals surface area (Å²) in [5, 5.41) is 9.14. The highest BCUT2D eigenvalue weighted by atomic mass is 19.1. The third-order valence-electron chi connectivity index (χ3n) is 2.95. The van der Waals surface area contributed by atoms with Crippen molar-refractivity contribution in [3.05, 3.63) is 59.2 Å². The van der Waals surface area contributed by atoms with Crippen LogP contribution in [0.5, 0.6) is 0 Å². The lowest BCUT2D eigenvalue weighted by molar-refractivity contribution is 0.0697. The Hall–Kier alpha value is -2.43. The van der Waals surface area contributed by atoms with E-state index in [-0.39, 0.29) is 5.56 Å². The first-order valence-corrected chi connectivity index (χ1v) is 6.14. The maximum absolute atomic E-state index is 13.2. The predicted octanol–water partition coefficient (Wildman–Crippen LogP) is 2.86. The average Bonchev–Trinajstić information content (AvgIpc) is 2.38. The van der Waals surface area contributed by atoms with E-state index in [1.807, 2.05) is 25.1 Å². The molecule has 0 aliphatic carbocycles. The van der Waals surface area contributed by atoms with E-state index in [1.165, 1.54) is 12.1 Å². The van der Waals surface area contributed by atoms with Crippen LogP contribution < -0.4 is 4.90 Å². The van der Waals surface area contributed by atoms with E-state index in [1.54, 1.807) is 11.9 Å². The molecule has 0 atom stereocenters. The van der Waals surface area contributed by atoms with Gasteiger partial charge in [0.2, 0.25) is 0 Å². The lowest BCUT2D eigenvalue weighted by atomic mass is 10.1. The van der Waals surface area contributed by atoms with Gasteiger partial charge in [0.1, 0.15) is 5.82 Å². The van der Waals surface area contributed by atoms with Crippen molar-refractivity contribution in [2.75, 3.05) is 11.9 Å². The number of anilines is 1. The molecule has 104 valence electrons. The summed E-state index contributed by atoms with van der Waals surface area (Å²) in [6.45, 7) is 2.34. The van der Waals surface area contributed by atoms with Gasteiger partial charge in [-0.2, -0.15) is 0 Å². The highest BCUT2D eigenvalue weighted by molar-refractivity contribution is 5.94. The Morgan fingerprint density at radius 2 is 2.10 bits per heavy atom. The van der Waals surface area contributed by atoms with Crippen molar-refractivity contribution in [3.63, 3.8) is 0 Å². The number of halogens is 1. The second-order valence-electron chi connectivity index (χ2n) is 4.59. The molecule has 0 aliphatic rings. The number of carbonyl (C=O) groups is 1. The number of aromatic nitrogens is 1. The fourth-order valence-corrected chi connectivity index (χ4v) is 2.03. The molecule has 20 heavy (non-hydrogen) atoms. The van der Waals surface area contributed by atoms with Crippen molar-refractivity contribution in [2.24, 2.45) is 0 Å². The number of carboxylic acid groups (broad SMARTS) is 1. The lowest BCUT2D eigenvalue weighted by Crippen LogP contribution is -2.20. The molecular formula is C15H15FN2O2. The maximum atomic E-state index is 13.2. The number of nitrogens with zero attached hydrogens (tertiary/aromatic N) is 2. The largest absolute Gasteiger partial charge is 0.478 e. The fraction of sp³-hybridized carbons (Fsp3) is 0.200. The van der Waals surface area contributed by atoms with Gasteiger partial charge in [0.25, 0.3) is 0 Å². The molecule has 0 saturated carbocycles. The average molecular weight is 274 g/mol. The van der Waals surface area contributed by atoms with Gasteiger partial charge in [0, 0.05) is 12.7 Å². The molecule has 0 radical (unpaired) electrons. The molecule has 0 unspecified atom stereocenters. The molecule has 5 heteroatoms. The molecule has 1 heterocycles. The summed E-state index contributed by atoms with van der Waals surface area (Å²) < 4.78 is 13.2. The number of benzene rings is 1. The molecule has 0 aliphatic heterocycles. The quantitative estimate of drug-likeness (QED) is 0.931. The topological polar surface area (TPSA) is 53.4 Å². The number of hydrogen-bond donors (Lipinski definition) is 1. The summed E-state index contributed by atoms with van der Waals surface area (Å²) in [7, 11) is 1.75. The first kappa shape index (κ1) is 14.0. The van der Waals surface area contributed by atoms with Gasteiger partial charge in [-0.1, -0.05) is 6.07 Å². The van der Waals surface area contributed by atoms with Crippen molar-refractivity contribution in [3.8, 4) is 0 Å². The Kier molecular flexibility index (Phi) is 3.98. The van der Waals surface area contributed by atoms with E-state index in [9.17, 15) is 9.18 Å². The zero-order valence-electron chi connectivity index (χ0n) is 11.3. The van der Waals surface area contributed by atoms with Crippen LogP contribution >= 0.6 is 0 Å². The van der Waals surface area contributed by atoms with Gasteiger partial charge in [0.15, 0.2) is 0 Å². The summed E-state index contributed by atoms with van der Waals surface area (Å²) >= 11 is 0. The zero-order chi connectivity index (χ0) is 14.7. The highest BCUT2D eigenvalue weighted by Crippen LogP contribution is 2.22. The number of carboxylic acids is 1. The van der Waals surface area contributed by atoms with E-state index in [4.69, 9.17) is 5.11 Å². The molecule has 0 amide bonds. The van der Waals surface area contributed by atoms with Gasteiger partial charge in [-0.25, -0.2) is 9.18 Å². The first-order chi connectivity index (χ1) is 9.47. The lowest BCUT2D eigenvalue weighted by Gasteiger charge is -2.21. The predicted molar refractivity (Wildman–Crippen MR) is 74.4 cm³/mol. The molecule has 0 saturated heterocycles. The molecule has 0 bridgehead atoms. The van der Waals surface area contributed by atoms with Gasteiger partial charge < -0.3 is 10.0 Å². The minimum atomic E-state index is -1.15. The van der Waals surface area contributed by atoms with Crippen LogP contribution in [-0.4, -0.2) is 23.1 Å². The van der Waals surface area contributed by atoms with Crippen LogP contribution in [-0.2, 0) is 6.54 Å². The summed E-state index contributed by atoms with van der Waals surface area (Å²) in [4.78, 5) is 17.3. The van der Waals surface area contributed by atoms with Crippen LogP contribution in [0.25, 0.3) is 0 Å². The molecule has 2 rings (SSSR count). The second kappa shape index (κ2) is 5.69. The Bertz CT molecular complexity index is 644. The van der Waals surface area contributed by atoms with Crippen molar-refractivity contribution in [1.29, 1.82) is 0 Å². The van der Waals surface area contributed by atoms with E-state index >= 15 is 0 Å². The van der Waals surface area contributed by atoms with Crippen molar-refractivity contribution < 1.29 is 14.3 Å². The minimum absolute atomic E-state index is 0.0554. The maximum Gasteiger partial charge on any atom is 0.337 e. The van der Waals surface area contributed by atoms with Gasteiger partial charge in [-0.3, -0.25) is 4.98 Å². The Morgan fingerprint density at radius 1 is 1.35 bits per heavy atom. The molecule has 4 nitrogen and oxygen atoms in total. The summed E-state index contributed by atoms with van der Waals surface area (Å²) in [6, 6.07) is 9.40. The zero-order valence-corrected chi connectivity index (χ0v) is 11.3. The second-order valence-corrected chi connectivity index (χ2v) is 4.59. The molecule has 2 aromatic rings. The Morgan fingerprint density at radius 3 is 2.75 bits per heavy atom. The van der Waals surface area contributed by atoms with Crippen LogP contribution in [0.2, 0.25) is 0 Å². The summed E-state index contributed by atoms with van der Waals surface area (Å²) in [5.74, 6) is -1.71. The fourth-order valence-electron chi connectivity index (χ4n) is 2.03. The third kappa shape index (κ3) is 3.12. The highest BCUT2D eigenvalue weighted by Gasteiger charge is 2.15. The van der Waals surface area contributed by atoms with Crippen LogP contribution in [0.1, 0.15) is 21.7 Å². The molecule has 0 spiro atoms. The molecule has 1 N–H and O–H groups in total. The monoisotopic (exact) mass is 274 g/mol. The minimum Gasteiger partial charge on any atom is -0.478 e. The smallest absolute Gasteiger partial charge is 0.337 e. The van der Waals surface area contributed by atoms with E-state index in [2.05, 4.69) is 4.98 Å². The molecule has 0 fully saturated rings. The van der Waals surface area contributed by atoms with Crippen LogP contribution in [0.4, 0.5) is 10.1 Å². The standard InChI is InChI=1S/C15H15FN2O2/c1-10-4-3-5-12(17-10)9-18(2)14-7-6-11(16)8-13(14)15(19)20/h3-8H,9H2,1-2H3,(H,19,20). The van der Waals surface area contributed by atoms with Crippen molar-refractivity contribution in [1.82, 2.24) is 4.98 Å². The van der Waals surface area contributed by atoms with Gasteiger partial charge in [-0.15, -0.1) is 0 Å². The summed E-state index contributed by atoms with van der Waals surface area (Å²) in [5.41, 5.74) is 2.13. The van der Waals surface area contributed by atoms with Gasteiger partial charge in [-0.05, 0) is 37.3 Å². The Labute approximate surface area is 116 Å². The number of pyridine rings is 1. The first-order valence-electron chi connectivity index (χ1n) is 6.14. The number of aryl methyl sites for hydroxylation is 1. The SMILES string of the molecule is Cc1cccc(CN(C)c2ccc(F)cc2C(=O)O)n1. The van der Waals surface area contributed by atoms with E-state index in [0.717, 1.165) is 17.5 Å². The number of rotatable bonds is 4. The van der Waals surface area contributed by atoms with Gasteiger partial charge >= 0.3 is 5.97 Å². The van der Waals surface area contributed by atoms with Crippen LogP contribution in [0.3, 0.4) is 0 Å². The van der Waals surface area contributed by atoms with E-state index < -0.39 is 11.8 Å². The third-order valence-corrected chi connectivity index (χ3v) is 2.95. The molecule has 1 aromatic carbocycles. The van der Waals surface area contributed by atoms with Crippen LogP contribution in [0.15, 0.2) is 36.4 Å². The Balaban J connectivity index is 2.29. The number of hydrogen-bond acceptors (Lipinski definition) is 3. The number of aromatic carboxylic acids is 1. The van der Waals surface area contributed by atoms with Crippen molar-refractivity contribution in [2.45, 2.75) is 13.5 Å². The normalized spacial score (nSPS) is 10.3.